The van der Waals surface area contributed by atoms with Gasteiger partial charge in [-0.2, -0.15) is 0 Å². The van der Waals surface area contributed by atoms with Crippen LogP contribution in [-0.4, -0.2) is 52.6 Å². The molecular formula is C21H19NO7. The molecule has 0 bridgehead atoms. The van der Waals surface area contributed by atoms with E-state index in [1.54, 1.807) is 6.07 Å². The summed E-state index contributed by atoms with van der Waals surface area (Å²) in [6, 6.07) is 3.39. The number of Topliss-reactive ketones (excluding diaryl/α,β-unsaturated/α-hetero) is 1. The molecule has 1 aliphatic carbocycles. The Bertz CT molecular complexity index is 1120. The number of nitrogens with zero attached hydrogens (tertiary/aromatic N) is 1. The van der Waals surface area contributed by atoms with Gasteiger partial charge in [0.15, 0.2) is 23.0 Å². The molecule has 0 saturated carbocycles. The largest absolute Gasteiger partial charge is 0.493 e. The van der Waals surface area contributed by atoms with Gasteiger partial charge in [-0.15, -0.1) is 0 Å². The highest BCUT2D eigenvalue weighted by molar-refractivity contribution is 6.31. The Balaban J connectivity index is 2.19. The van der Waals surface area contributed by atoms with Crippen LogP contribution in [-0.2, 0) is 15.9 Å². The van der Waals surface area contributed by atoms with Crippen LogP contribution >= 0.6 is 0 Å². The maximum atomic E-state index is 13.1. The number of carbonyl (C=O) groups is 3. The van der Waals surface area contributed by atoms with Gasteiger partial charge in [-0.1, -0.05) is 0 Å². The number of ketones is 2. The molecule has 0 N–H and O–H groups in total. The number of anilines is 1. The summed E-state index contributed by atoms with van der Waals surface area (Å²) in [5.41, 5.74) is 1.72. The molecule has 0 atom stereocenters. The van der Waals surface area contributed by atoms with Gasteiger partial charge in [-0.3, -0.25) is 14.5 Å². The second-order valence-electron chi connectivity index (χ2n) is 6.62. The minimum Gasteiger partial charge on any atom is -0.493 e. The van der Waals surface area contributed by atoms with Crippen LogP contribution in [0.25, 0.3) is 10.8 Å². The number of amides is 1. The molecule has 2 aliphatic rings. The second-order valence-corrected chi connectivity index (χ2v) is 6.62. The predicted octanol–water partition coefficient (Wildman–Crippen LogP) is 2.90. The Morgan fingerprint density at radius 1 is 1.00 bits per heavy atom. The number of rotatable bonds is 3. The van der Waals surface area contributed by atoms with E-state index in [1.165, 1.54) is 33.3 Å². The smallest absolute Gasteiger partial charge is 0.414 e. The number of carbonyl (C=O) groups excluding carboxylic acids is 3. The monoisotopic (exact) mass is 397 g/mol. The van der Waals surface area contributed by atoms with Gasteiger partial charge in [0, 0.05) is 34.5 Å². The zero-order valence-electron chi connectivity index (χ0n) is 16.5. The molecule has 2 aromatic carbocycles. The average Bonchev–Trinajstić information content (AvgIpc) is 2.75. The second kappa shape index (κ2) is 6.80. The highest BCUT2D eigenvalue weighted by Gasteiger charge is 2.36. The first-order valence-corrected chi connectivity index (χ1v) is 8.91. The molecular weight excluding hydrogens is 378 g/mol. The van der Waals surface area contributed by atoms with E-state index in [0.29, 0.717) is 40.9 Å². The molecule has 1 heterocycles. The normalized spacial score (nSPS) is 15.0. The van der Waals surface area contributed by atoms with E-state index in [2.05, 4.69) is 0 Å². The van der Waals surface area contributed by atoms with Gasteiger partial charge in [0.2, 0.25) is 5.78 Å². The van der Waals surface area contributed by atoms with Crippen molar-refractivity contribution in [1.29, 1.82) is 0 Å². The Morgan fingerprint density at radius 2 is 1.76 bits per heavy atom. The molecule has 0 spiro atoms. The van der Waals surface area contributed by atoms with E-state index < -0.39 is 17.7 Å². The standard InChI is InChI=1S/C21H19NO7/c1-26-14-9-13(23)11-8-12-16-10(5-6-22(12)21(25)29-4)7-15(27-2)20(28-3)18(16)17(11)19(14)24/h7-9H,5-6H2,1-4H3. The number of methoxy groups -OCH3 is 4. The number of fused-ring (bicyclic) bond motifs is 2. The lowest BCUT2D eigenvalue weighted by Crippen LogP contribution is -2.36. The van der Waals surface area contributed by atoms with Crippen molar-refractivity contribution in [2.75, 3.05) is 39.9 Å². The third-order valence-electron chi connectivity index (χ3n) is 5.30. The van der Waals surface area contributed by atoms with Crippen molar-refractivity contribution in [1.82, 2.24) is 0 Å². The fourth-order valence-electron chi connectivity index (χ4n) is 4.02. The highest BCUT2D eigenvalue weighted by Crippen LogP contribution is 2.48. The molecule has 4 rings (SSSR count). The van der Waals surface area contributed by atoms with Crippen molar-refractivity contribution >= 4 is 34.1 Å². The van der Waals surface area contributed by atoms with Crippen LogP contribution in [0.1, 0.15) is 26.3 Å². The van der Waals surface area contributed by atoms with Gasteiger partial charge < -0.3 is 18.9 Å². The molecule has 29 heavy (non-hydrogen) atoms. The van der Waals surface area contributed by atoms with Crippen molar-refractivity contribution in [2.24, 2.45) is 0 Å². The lowest BCUT2D eigenvalue weighted by Gasteiger charge is -2.31. The fourth-order valence-corrected chi connectivity index (χ4v) is 4.02. The zero-order chi connectivity index (χ0) is 20.9. The van der Waals surface area contributed by atoms with Crippen molar-refractivity contribution in [3.8, 4) is 11.5 Å². The molecule has 2 aromatic rings. The molecule has 8 nitrogen and oxygen atoms in total. The molecule has 0 saturated heterocycles. The Labute approximate surface area is 166 Å². The maximum Gasteiger partial charge on any atom is 0.414 e. The minimum absolute atomic E-state index is 0.0511. The van der Waals surface area contributed by atoms with E-state index in [4.69, 9.17) is 18.9 Å². The van der Waals surface area contributed by atoms with Gasteiger partial charge in [-0.05, 0) is 24.1 Å². The van der Waals surface area contributed by atoms with Crippen LogP contribution in [0.2, 0.25) is 0 Å². The van der Waals surface area contributed by atoms with E-state index in [-0.39, 0.29) is 16.9 Å². The number of hydrogen-bond acceptors (Lipinski definition) is 7. The molecule has 1 amide bonds. The Kier molecular flexibility index (Phi) is 4.41. The summed E-state index contributed by atoms with van der Waals surface area (Å²) in [6.07, 6.45) is 1.13. The molecule has 0 fully saturated rings. The van der Waals surface area contributed by atoms with Crippen LogP contribution < -0.4 is 14.4 Å². The first-order valence-electron chi connectivity index (χ1n) is 8.91. The van der Waals surface area contributed by atoms with Crippen LogP contribution in [0.4, 0.5) is 10.5 Å². The molecule has 0 aromatic heterocycles. The van der Waals surface area contributed by atoms with Crippen molar-refractivity contribution < 1.29 is 33.3 Å². The summed E-state index contributed by atoms with van der Waals surface area (Å²) < 4.78 is 21.1. The Morgan fingerprint density at radius 3 is 2.38 bits per heavy atom. The summed E-state index contributed by atoms with van der Waals surface area (Å²) in [5, 5.41) is 1.07. The molecule has 1 aliphatic heterocycles. The average molecular weight is 397 g/mol. The molecule has 0 unspecified atom stereocenters. The zero-order valence-corrected chi connectivity index (χ0v) is 16.5. The van der Waals surface area contributed by atoms with Gasteiger partial charge in [0.25, 0.3) is 0 Å². The van der Waals surface area contributed by atoms with E-state index in [1.807, 2.05) is 6.07 Å². The SMILES string of the molecule is COC(=O)N1CCc2cc(OC)c(OC)c3c4c(cc1c23)C(=O)C=C(OC)C4=O. The van der Waals surface area contributed by atoms with Crippen molar-refractivity contribution in [2.45, 2.75) is 6.42 Å². The number of hydrogen-bond donors (Lipinski definition) is 0. The summed E-state index contributed by atoms with van der Waals surface area (Å²) in [4.78, 5) is 39.8. The van der Waals surface area contributed by atoms with Crippen molar-refractivity contribution in [3.05, 3.63) is 40.7 Å². The van der Waals surface area contributed by atoms with Crippen molar-refractivity contribution in [3.63, 3.8) is 0 Å². The molecule has 150 valence electrons. The van der Waals surface area contributed by atoms with Gasteiger partial charge in [-0.25, -0.2) is 4.79 Å². The predicted molar refractivity (Wildman–Crippen MR) is 104 cm³/mol. The molecule has 0 radical (unpaired) electrons. The van der Waals surface area contributed by atoms with Crippen LogP contribution in [0, 0.1) is 0 Å². The van der Waals surface area contributed by atoms with Crippen LogP contribution in [0.5, 0.6) is 11.5 Å². The third kappa shape index (κ3) is 2.55. The van der Waals surface area contributed by atoms with Crippen LogP contribution in [0.3, 0.4) is 0 Å². The fraction of sp³-hybridized carbons (Fsp3) is 0.286. The summed E-state index contributed by atoms with van der Waals surface area (Å²) in [6.45, 7) is 0.365. The number of benzene rings is 2. The molecule has 8 heteroatoms. The highest BCUT2D eigenvalue weighted by atomic mass is 16.5. The van der Waals surface area contributed by atoms with Gasteiger partial charge >= 0.3 is 6.09 Å². The third-order valence-corrected chi connectivity index (χ3v) is 5.30. The number of allylic oxidation sites excluding steroid dienone is 2. The quantitative estimate of drug-likeness (QED) is 0.786. The van der Waals surface area contributed by atoms with Crippen LogP contribution in [0.15, 0.2) is 24.0 Å². The minimum atomic E-state index is -0.547. The van der Waals surface area contributed by atoms with E-state index in [9.17, 15) is 14.4 Å². The first-order chi connectivity index (χ1) is 14.0. The van der Waals surface area contributed by atoms with Gasteiger partial charge in [0.05, 0.1) is 34.1 Å². The summed E-state index contributed by atoms with van der Waals surface area (Å²) >= 11 is 0. The number of ether oxygens (including phenoxy) is 4. The van der Waals surface area contributed by atoms with E-state index in [0.717, 1.165) is 11.6 Å². The summed E-state index contributed by atoms with van der Waals surface area (Å²) in [7, 11) is 5.60. The van der Waals surface area contributed by atoms with Gasteiger partial charge in [0.1, 0.15) is 0 Å². The lowest BCUT2D eigenvalue weighted by molar-refractivity contribution is 0.0918. The lowest BCUT2D eigenvalue weighted by atomic mass is 9.84. The maximum absolute atomic E-state index is 13.1. The topological polar surface area (TPSA) is 91.4 Å². The summed E-state index contributed by atoms with van der Waals surface area (Å²) in [5.74, 6) is -0.119. The Hall–Kier alpha value is -3.55. The van der Waals surface area contributed by atoms with E-state index >= 15 is 0 Å². The first kappa shape index (κ1) is 18.8.